The molecule has 0 fully saturated rings. The number of nitrogens with two attached hydrogens (primary N) is 1. The second-order valence-electron chi connectivity index (χ2n) is 4.44. The van der Waals surface area contributed by atoms with Crippen LogP contribution in [0.1, 0.15) is 26.3 Å². The highest BCUT2D eigenvalue weighted by molar-refractivity contribution is 7.84. The summed E-state index contributed by atoms with van der Waals surface area (Å²) in [6.45, 7) is 6.68. The first-order valence-corrected chi connectivity index (χ1v) is 7.38. The lowest BCUT2D eigenvalue weighted by molar-refractivity contribution is 0.337. The van der Waals surface area contributed by atoms with Crippen LogP contribution in [-0.2, 0) is 16.6 Å². The van der Waals surface area contributed by atoms with Crippen LogP contribution < -0.4 is 10.5 Å². The molecular formula is C13H21NO2S. The van der Waals surface area contributed by atoms with E-state index in [0.29, 0.717) is 29.7 Å². The second-order valence-corrected chi connectivity index (χ2v) is 5.95. The first-order valence-electron chi connectivity index (χ1n) is 5.89. The molecule has 96 valence electrons. The van der Waals surface area contributed by atoms with Gasteiger partial charge in [-0.25, -0.2) is 0 Å². The van der Waals surface area contributed by atoms with Crippen molar-refractivity contribution in [2.45, 2.75) is 26.5 Å². The molecule has 3 nitrogen and oxygen atoms in total. The van der Waals surface area contributed by atoms with Gasteiger partial charge in [0.25, 0.3) is 0 Å². The van der Waals surface area contributed by atoms with Crippen LogP contribution in [0.3, 0.4) is 0 Å². The third-order valence-electron chi connectivity index (χ3n) is 2.22. The van der Waals surface area contributed by atoms with Gasteiger partial charge < -0.3 is 10.5 Å². The molecule has 0 radical (unpaired) electrons. The molecule has 2 N–H and O–H groups in total. The summed E-state index contributed by atoms with van der Waals surface area (Å²) < 4.78 is 17.4. The molecule has 0 aliphatic rings. The van der Waals surface area contributed by atoms with E-state index in [0.717, 1.165) is 11.3 Å². The van der Waals surface area contributed by atoms with Gasteiger partial charge in [-0.2, -0.15) is 0 Å². The van der Waals surface area contributed by atoms with E-state index in [9.17, 15) is 4.21 Å². The molecule has 1 aromatic rings. The fourth-order valence-electron chi connectivity index (χ4n) is 1.61. The van der Waals surface area contributed by atoms with Crippen LogP contribution in [0.2, 0.25) is 0 Å². The average Bonchev–Trinajstić information content (AvgIpc) is 2.21. The number of hydrogen-bond donors (Lipinski definition) is 1. The molecule has 1 atom stereocenters. The second kappa shape index (κ2) is 6.64. The topological polar surface area (TPSA) is 52.3 Å². The molecule has 0 spiro atoms. The van der Waals surface area contributed by atoms with Crippen molar-refractivity contribution in [3.63, 3.8) is 0 Å². The molecule has 1 rings (SSSR count). The zero-order valence-corrected chi connectivity index (χ0v) is 11.5. The fraction of sp³-hybridized carbons (Fsp3) is 0.538. The standard InChI is InChI=1S/C13H21NO2S/c1-4-16-13-6-5-12(14)7-11(13)9-17(15)8-10(2)3/h5-7,10H,4,8-9,14H2,1-3H3. The van der Waals surface area contributed by atoms with Gasteiger partial charge in [-0.1, -0.05) is 13.8 Å². The molecule has 4 heteroatoms. The van der Waals surface area contributed by atoms with Gasteiger partial charge in [0.2, 0.25) is 0 Å². The zero-order valence-electron chi connectivity index (χ0n) is 10.7. The van der Waals surface area contributed by atoms with Gasteiger partial charge in [0, 0.05) is 27.8 Å². The fourth-order valence-corrected chi connectivity index (χ4v) is 3.05. The first-order chi connectivity index (χ1) is 8.02. The van der Waals surface area contributed by atoms with E-state index in [1.807, 2.05) is 19.1 Å². The van der Waals surface area contributed by atoms with Crippen molar-refractivity contribution in [1.82, 2.24) is 0 Å². The summed E-state index contributed by atoms with van der Waals surface area (Å²) in [5.74, 6) is 2.45. The van der Waals surface area contributed by atoms with Crippen LogP contribution in [0.5, 0.6) is 5.75 Å². The van der Waals surface area contributed by atoms with Gasteiger partial charge in [0.15, 0.2) is 0 Å². The largest absolute Gasteiger partial charge is 0.494 e. The summed E-state index contributed by atoms with van der Waals surface area (Å²) in [6, 6.07) is 5.50. The van der Waals surface area contributed by atoms with Crippen LogP contribution in [0.4, 0.5) is 5.69 Å². The third-order valence-corrected chi connectivity index (χ3v) is 3.89. The number of anilines is 1. The van der Waals surface area contributed by atoms with Gasteiger partial charge in [-0.05, 0) is 31.0 Å². The van der Waals surface area contributed by atoms with Crippen molar-refractivity contribution in [3.8, 4) is 5.75 Å². The predicted octanol–water partition coefficient (Wildman–Crippen LogP) is 2.57. The van der Waals surface area contributed by atoms with Crippen molar-refractivity contribution in [1.29, 1.82) is 0 Å². The predicted molar refractivity (Wildman–Crippen MR) is 73.6 cm³/mol. The Morgan fingerprint density at radius 2 is 2.12 bits per heavy atom. The molecule has 1 aromatic carbocycles. The smallest absolute Gasteiger partial charge is 0.123 e. The molecule has 0 heterocycles. The maximum atomic E-state index is 11.9. The zero-order chi connectivity index (χ0) is 12.8. The van der Waals surface area contributed by atoms with Gasteiger partial charge in [0.05, 0.1) is 12.4 Å². The van der Waals surface area contributed by atoms with Crippen molar-refractivity contribution in [2.75, 3.05) is 18.1 Å². The molecular weight excluding hydrogens is 234 g/mol. The summed E-state index contributed by atoms with van der Waals surface area (Å²) in [4.78, 5) is 0. The Hall–Kier alpha value is -1.03. The van der Waals surface area contributed by atoms with E-state index in [1.54, 1.807) is 6.07 Å². The van der Waals surface area contributed by atoms with Crippen LogP contribution in [0.25, 0.3) is 0 Å². The van der Waals surface area contributed by atoms with Gasteiger partial charge >= 0.3 is 0 Å². The Kier molecular flexibility index (Phi) is 5.48. The molecule has 1 unspecified atom stereocenters. The molecule has 0 amide bonds. The number of hydrogen-bond acceptors (Lipinski definition) is 3. The normalized spacial score (nSPS) is 12.7. The number of benzene rings is 1. The van der Waals surface area contributed by atoms with E-state index in [-0.39, 0.29) is 0 Å². The molecule has 0 saturated carbocycles. The number of rotatable bonds is 6. The van der Waals surface area contributed by atoms with E-state index < -0.39 is 10.8 Å². The Bertz CT molecular complexity index is 391. The summed E-state index contributed by atoms with van der Waals surface area (Å²) in [5.41, 5.74) is 7.37. The van der Waals surface area contributed by atoms with E-state index in [4.69, 9.17) is 10.5 Å². The molecule has 0 aromatic heterocycles. The van der Waals surface area contributed by atoms with Crippen LogP contribution in [0, 0.1) is 5.92 Å². The summed E-state index contributed by atoms with van der Waals surface area (Å²) >= 11 is 0. The molecule has 0 aliphatic heterocycles. The molecule has 17 heavy (non-hydrogen) atoms. The molecule has 0 saturated heterocycles. The van der Waals surface area contributed by atoms with Crippen molar-refractivity contribution in [2.24, 2.45) is 5.92 Å². The lowest BCUT2D eigenvalue weighted by atomic mass is 10.2. The summed E-state index contributed by atoms with van der Waals surface area (Å²) in [5, 5.41) is 0. The molecule has 0 aliphatic carbocycles. The minimum atomic E-state index is -0.859. The van der Waals surface area contributed by atoms with E-state index in [2.05, 4.69) is 13.8 Å². The van der Waals surface area contributed by atoms with Crippen molar-refractivity contribution in [3.05, 3.63) is 23.8 Å². The highest BCUT2D eigenvalue weighted by Gasteiger charge is 2.09. The molecule has 0 bridgehead atoms. The van der Waals surface area contributed by atoms with E-state index in [1.165, 1.54) is 0 Å². The highest BCUT2D eigenvalue weighted by Crippen LogP contribution is 2.23. The van der Waals surface area contributed by atoms with Gasteiger partial charge in [-0.3, -0.25) is 4.21 Å². The SMILES string of the molecule is CCOc1ccc(N)cc1CS(=O)CC(C)C. The minimum absolute atomic E-state index is 0.437. The maximum absolute atomic E-state index is 11.9. The highest BCUT2D eigenvalue weighted by atomic mass is 32.2. The summed E-state index contributed by atoms with van der Waals surface area (Å²) in [6.07, 6.45) is 0. The minimum Gasteiger partial charge on any atom is -0.494 e. The quantitative estimate of drug-likeness (QED) is 0.795. The van der Waals surface area contributed by atoms with Crippen molar-refractivity contribution >= 4 is 16.5 Å². The van der Waals surface area contributed by atoms with Crippen LogP contribution in [-0.4, -0.2) is 16.6 Å². The monoisotopic (exact) mass is 255 g/mol. The lowest BCUT2D eigenvalue weighted by Gasteiger charge is -2.11. The lowest BCUT2D eigenvalue weighted by Crippen LogP contribution is -2.08. The maximum Gasteiger partial charge on any atom is 0.123 e. The van der Waals surface area contributed by atoms with Crippen LogP contribution >= 0.6 is 0 Å². The Labute approximate surface area is 106 Å². The average molecular weight is 255 g/mol. The van der Waals surface area contributed by atoms with E-state index >= 15 is 0 Å². The van der Waals surface area contributed by atoms with Crippen molar-refractivity contribution < 1.29 is 8.95 Å². The first kappa shape index (κ1) is 14.0. The number of nitrogen functional groups attached to an aromatic ring is 1. The summed E-state index contributed by atoms with van der Waals surface area (Å²) in [7, 11) is -0.859. The van der Waals surface area contributed by atoms with Gasteiger partial charge in [0.1, 0.15) is 5.75 Å². The van der Waals surface area contributed by atoms with Crippen LogP contribution in [0.15, 0.2) is 18.2 Å². The third kappa shape index (κ3) is 4.77. The Morgan fingerprint density at radius 3 is 2.71 bits per heavy atom. The van der Waals surface area contributed by atoms with Gasteiger partial charge in [-0.15, -0.1) is 0 Å². The Balaban J connectivity index is 2.80. The number of ether oxygens (including phenoxy) is 1. The Morgan fingerprint density at radius 1 is 1.41 bits per heavy atom.